The Kier molecular flexibility index (Phi) is 2.79. The number of thiol groups is 1. The lowest BCUT2D eigenvalue weighted by Crippen LogP contribution is -2.15. The Morgan fingerprint density at radius 3 is 2.53 bits per heavy atom. The van der Waals surface area contributed by atoms with Crippen molar-refractivity contribution >= 4 is 22.5 Å². The van der Waals surface area contributed by atoms with E-state index in [0.717, 1.165) is 0 Å². The average molecular weight is 246 g/mol. The van der Waals surface area contributed by atoms with Gasteiger partial charge in [-0.25, -0.2) is 8.42 Å². The highest BCUT2D eigenvalue weighted by Gasteiger charge is 2.17. The number of ether oxygens (including phenoxy) is 2. The first-order valence-electron chi connectivity index (χ1n) is 4.37. The lowest BCUT2D eigenvalue weighted by atomic mass is 10.3. The zero-order chi connectivity index (χ0) is 10.9. The van der Waals surface area contributed by atoms with E-state index in [1.54, 1.807) is 6.07 Å². The first-order valence-corrected chi connectivity index (χ1v) is 6.65. The van der Waals surface area contributed by atoms with E-state index in [4.69, 9.17) is 9.47 Å². The van der Waals surface area contributed by atoms with E-state index < -0.39 is 9.84 Å². The topological polar surface area (TPSA) is 52.6 Å². The van der Waals surface area contributed by atoms with Crippen LogP contribution in [0.5, 0.6) is 11.5 Å². The Morgan fingerprint density at radius 2 is 1.87 bits per heavy atom. The quantitative estimate of drug-likeness (QED) is 0.794. The third kappa shape index (κ3) is 2.05. The second-order valence-electron chi connectivity index (χ2n) is 3.05. The maximum atomic E-state index is 11.5. The Labute approximate surface area is 93.5 Å². The van der Waals surface area contributed by atoms with Crippen LogP contribution in [0.2, 0.25) is 0 Å². The fourth-order valence-corrected chi connectivity index (χ4v) is 2.45. The summed E-state index contributed by atoms with van der Waals surface area (Å²) in [5, 5.41) is -0.216. The lowest BCUT2D eigenvalue weighted by Gasteiger charge is -2.18. The van der Waals surface area contributed by atoms with Gasteiger partial charge in [0.15, 0.2) is 21.3 Å². The molecule has 0 radical (unpaired) electrons. The van der Waals surface area contributed by atoms with E-state index in [1.165, 1.54) is 12.1 Å². The van der Waals surface area contributed by atoms with Crippen molar-refractivity contribution in [2.45, 2.75) is 4.90 Å². The molecule has 0 unspecified atom stereocenters. The van der Waals surface area contributed by atoms with Crippen molar-refractivity contribution in [1.82, 2.24) is 0 Å². The molecule has 0 amide bonds. The highest BCUT2D eigenvalue weighted by atomic mass is 32.2. The Balaban J connectivity index is 2.45. The fraction of sp³-hybridized carbons (Fsp3) is 0.333. The van der Waals surface area contributed by atoms with Crippen LogP contribution < -0.4 is 9.47 Å². The maximum Gasteiger partial charge on any atom is 0.187 e. The lowest BCUT2D eigenvalue weighted by molar-refractivity contribution is 0.171. The number of hydrogen-bond acceptors (Lipinski definition) is 5. The maximum absolute atomic E-state index is 11.5. The van der Waals surface area contributed by atoms with E-state index >= 15 is 0 Å². The van der Waals surface area contributed by atoms with Gasteiger partial charge < -0.3 is 9.47 Å². The summed E-state index contributed by atoms with van der Waals surface area (Å²) in [7, 11) is -3.30. The van der Waals surface area contributed by atoms with Crippen molar-refractivity contribution in [3.05, 3.63) is 18.2 Å². The number of sulfone groups is 1. The summed E-state index contributed by atoms with van der Waals surface area (Å²) in [5.74, 6) is 1.06. The van der Waals surface area contributed by atoms with E-state index in [-0.39, 0.29) is 9.98 Å². The average Bonchev–Trinajstić information content (AvgIpc) is 2.28. The molecule has 1 aliphatic rings. The molecule has 1 aromatic carbocycles. The van der Waals surface area contributed by atoms with Gasteiger partial charge >= 0.3 is 0 Å². The number of hydrogen-bond donors (Lipinski definition) is 1. The van der Waals surface area contributed by atoms with Crippen LogP contribution in [0.15, 0.2) is 23.1 Å². The van der Waals surface area contributed by atoms with Crippen LogP contribution >= 0.6 is 12.6 Å². The molecule has 0 aliphatic carbocycles. The van der Waals surface area contributed by atoms with Gasteiger partial charge in [-0.2, -0.15) is 12.6 Å². The van der Waals surface area contributed by atoms with Gasteiger partial charge in [0, 0.05) is 6.07 Å². The second-order valence-corrected chi connectivity index (χ2v) is 5.78. The van der Waals surface area contributed by atoms with Crippen LogP contribution in [0.25, 0.3) is 0 Å². The van der Waals surface area contributed by atoms with Gasteiger partial charge in [0.25, 0.3) is 0 Å². The van der Waals surface area contributed by atoms with Crippen LogP contribution in [0.4, 0.5) is 0 Å². The molecular formula is C9H10O4S2. The predicted molar refractivity (Wildman–Crippen MR) is 58.5 cm³/mol. The zero-order valence-electron chi connectivity index (χ0n) is 7.84. The number of fused-ring (bicyclic) bond motifs is 1. The van der Waals surface area contributed by atoms with Crippen LogP contribution in [0.3, 0.4) is 0 Å². The largest absolute Gasteiger partial charge is 0.486 e. The molecule has 15 heavy (non-hydrogen) atoms. The molecule has 0 bridgehead atoms. The van der Waals surface area contributed by atoms with Crippen LogP contribution in [-0.2, 0) is 9.84 Å². The molecule has 0 spiro atoms. The molecule has 0 aromatic heterocycles. The van der Waals surface area contributed by atoms with Gasteiger partial charge in [-0.3, -0.25) is 0 Å². The third-order valence-electron chi connectivity index (χ3n) is 2.04. The summed E-state index contributed by atoms with van der Waals surface area (Å²) in [4.78, 5) is 0.210. The van der Waals surface area contributed by atoms with Crippen molar-refractivity contribution in [2.24, 2.45) is 0 Å². The SMILES string of the molecule is O=S(=O)(CS)c1ccc2c(c1)OCCO2. The van der Waals surface area contributed by atoms with Gasteiger partial charge in [0.1, 0.15) is 13.2 Å². The van der Waals surface area contributed by atoms with E-state index in [0.29, 0.717) is 24.7 Å². The van der Waals surface area contributed by atoms with E-state index in [1.807, 2.05) is 0 Å². The fourth-order valence-electron chi connectivity index (χ4n) is 1.29. The molecule has 2 rings (SSSR count). The van der Waals surface area contributed by atoms with Gasteiger partial charge in [-0.1, -0.05) is 0 Å². The number of rotatable bonds is 2. The monoisotopic (exact) mass is 246 g/mol. The number of benzene rings is 1. The molecule has 0 saturated carbocycles. The highest BCUT2D eigenvalue weighted by Crippen LogP contribution is 2.32. The molecule has 1 heterocycles. The van der Waals surface area contributed by atoms with Crippen LogP contribution in [0.1, 0.15) is 0 Å². The molecule has 1 aliphatic heterocycles. The van der Waals surface area contributed by atoms with Crippen LogP contribution in [-0.4, -0.2) is 26.7 Å². The molecule has 1 aromatic rings. The van der Waals surface area contributed by atoms with Crippen LogP contribution in [0, 0.1) is 0 Å². The van der Waals surface area contributed by atoms with Gasteiger partial charge in [0.05, 0.1) is 9.98 Å². The normalized spacial score (nSPS) is 15.0. The Morgan fingerprint density at radius 1 is 1.20 bits per heavy atom. The minimum atomic E-state index is -3.30. The molecule has 0 N–H and O–H groups in total. The van der Waals surface area contributed by atoms with Crippen molar-refractivity contribution in [1.29, 1.82) is 0 Å². The molecule has 6 heteroatoms. The van der Waals surface area contributed by atoms with Crippen molar-refractivity contribution in [2.75, 3.05) is 18.3 Å². The molecule has 0 saturated heterocycles. The van der Waals surface area contributed by atoms with Gasteiger partial charge in [0.2, 0.25) is 0 Å². The summed E-state index contributed by atoms with van der Waals surface area (Å²) in [5.41, 5.74) is 0. The summed E-state index contributed by atoms with van der Waals surface area (Å²) in [6.07, 6.45) is 0. The summed E-state index contributed by atoms with van der Waals surface area (Å²) < 4.78 is 33.6. The Bertz CT molecular complexity index is 467. The molecule has 0 atom stereocenters. The van der Waals surface area contributed by atoms with Gasteiger partial charge in [-0.05, 0) is 12.1 Å². The molecular weight excluding hydrogens is 236 g/mol. The predicted octanol–water partition coefficient (Wildman–Crippen LogP) is 1.12. The zero-order valence-corrected chi connectivity index (χ0v) is 9.55. The van der Waals surface area contributed by atoms with Crippen molar-refractivity contribution < 1.29 is 17.9 Å². The van der Waals surface area contributed by atoms with Crippen molar-refractivity contribution in [3.8, 4) is 11.5 Å². The first kappa shape index (κ1) is 10.6. The second kappa shape index (κ2) is 3.94. The third-order valence-corrected chi connectivity index (χ3v) is 4.37. The minimum absolute atomic E-state index is 0.210. The minimum Gasteiger partial charge on any atom is -0.486 e. The van der Waals surface area contributed by atoms with Gasteiger partial charge in [-0.15, -0.1) is 0 Å². The first-order chi connectivity index (χ1) is 7.13. The Hall–Kier alpha value is -0.880. The van der Waals surface area contributed by atoms with Crippen molar-refractivity contribution in [3.63, 3.8) is 0 Å². The summed E-state index contributed by atoms with van der Waals surface area (Å²) >= 11 is 3.78. The molecule has 0 fully saturated rings. The molecule has 4 nitrogen and oxygen atoms in total. The summed E-state index contributed by atoms with van der Waals surface area (Å²) in [6, 6.07) is 4.57. The standard InChI is InChI=1S/C9H10O4S2/c10-15(11,6-14)7-1-2-8-9(5-7)13-4-3-12-8/h1-2,5,14H,3-4,6H2. The smallest absolute Gasteiger partial charge is 0.187 e. The van der Waals surface area contributed by atoms with E-state index in [2.05, 4.69) is 12.6 Å². The molecule has 82 valence electrons. The van der Waals surface area contributed by atoms with E-state index in [9.17, 15) is 8.42 Å². The summed E-state index contributed by atoms with van der Waals surface area (Å²) in [6.45, 7) is 0.934. The highest BCUT2D eigenvalue weighted by molar-refractivity contribution is 8.03.